The molecule has 0 aromatic heterocycles. The van der Waals surface area contributed by atoms with E-state index in [2.05, 4.69) is 0 Å². The highest BCUT2D eigenvalue weighted by molar-refractivity contribution is 5.76. The van der Waals surface area contributed by atoms with E-state index in [0.29, 0.717) is 19.5 Å². The van der Waals surface area contributed by atoms with E-state index >= 15 is 0 Å². The van der Waals surface area contributed by atoms with Gasteiger partial charge < -0.3 is 10.6 Å². The van der Waals surface area contributed by atoms with Gasteiger partial charge in [-0.2, -0.15) is 13.2 Å². The van der Waals surface area contributed by atoms with Crippen LogP contribution in [0.5, 0.6) is 0 Å². The molecular weight excluding hydrogens is 195 g/mol. The topological polar surface area (TPSA) is 53.1 Å². The molecule has 3 nitrogen and oxygen atoms in total. The fourth-order valence-electron chi connectivity index (χ4n) is 0.973. The van der Waals surface area contributed by atoms with Crippen LogP contribution in [0.25, 0.3) is 0 Å². The molecule has 0 atom stereocenters. The van der Waals surface area contributed by atoms with Crippen LogP contribution in [0.4, 0.5) is 13.2 Å². The van der Waals surface area contributed by atoms with E-state index < -0.39 is 12.6 Å². The van der Waals surface area contributed by atoms with Gasteiger partial charge in [0.25, 0.3) is 0 Å². The van der Waals surface area contributed by atoms with Gasteiger partial charge in [0.15, 0.2) is 0 Å². The van der Waals surface area contributed by atoms with Crippen LogP contribution in [0.3, 0.4) is 0 Å². The lowest BCUT2D eigenvalue weighted by atomic mass is 10.3. The molecular formula is C8H16F3N3. The van der Waals surface area contributed by atoms with E-state index in [0.717, 1.165) is 0 Å². The summed E-state index contributed by atoms with van der Waals surface area (Å²) >= 11 is 0. The van der Waals surface area contributed by atoms with Crippen molar-refractivity contribution < 1.29 is 13.2 Å². The third kappa shape index (κ3) is 9.31. The number of rotatable bonds is 6. The monoisotopic (exact) mass is 211 g/mol. The summed E-state index contributed by atoms with van der Waals surface area (Å²) in [5, 5.41) is 6.94. The summed E-state index contributed by atoms with van der Waals surface area (Å²) in [5.74, 6) is 0.0627. The van der Waals surface area contributed by atoms with Gasteiger partial charge >= 0.3 is 6.18 Å². The highest BCUT2D eigenvalue weighted by Crippen LogP contribution is 2.21. The van der Waals surface area contributed by atoms with Crippen LogP contribution in [0.2, 0.25) is 0 Å². The van der Waals surface area contributed by atoms with Crippen molar-refractivity contribution >= 4 is 5.84 Å². The smallest absolute Gasteiger partial charge is 0.388 e. The SMILES string of the molecule is CN(CCCC(F)(F)F)CCC(=N)N. The highest BCUT2D eigenvalue weighted by Gasteiger charge is 2.26. The Hall–Kier alpha value is -0.780. The van der Waals surface area contributed by atoms with Crippen molar-refractivity contribution in [3.8, 4) is 0 Å². The van der Waals surface area contributed by atoms with Crippen molar-refractivity contribution in [2.24, 2.45) is 5.73 Å². The Kier molecular flexibility index (Phi) is 5.52. The van der Waals surface area contributed by atoms with E-state index in [1.807, 2.05) is 0 Å². The quantitative estimate of drug-likeness (QED) is 0.517. The van der Waals surface area contributed by atoms with Crippen molar-refractivity contribution in [3.05, 3.63) is 0 Å². The van der Waals surface area contributed by atoms with Gasteiger partial charge in [-0.3, -0.25) is 5.41 Å². The molecule has 0 aromatic carbocycles. The zero-order valence-corrected chi connectivity index (χ0v) is 8.19. The minimum absolute atomic E-state index is 0.0627. The number of hydrogen-bond acceptors (Lipinski definition) is 2. The summed E-state index contributed by atoms with van der Waals surface area (Å²) < 4.78 is 35.2. The Morgan fingerprint density at radius 2 is 1.93 bits per heavy atom. The summed E-state index contributed by atoms with van der Waals surface area (Å²) in [6, 6.07) is 0. The Balaban J connectivity index is 3.45. The summed E-state index contributed by atoms with van der Waals surface area (Å²) in [6.45, 7) is 0.917. The van der Waals surface area contributed by atoms with E-state index in [1.54, 1.807) is 11.9 Å². The molecule has 0 aliphatic rings. The summed E-state index contributed by atoms with van der Waals surface area (Å²) in [7, 11) is 1.72. The van der Waals surface area contributed by atoms with Crippen molar-refractivity contribution in [1.29, 1.82) is 5.41 Å². The van der Waals surface area contributed by atoms with E-state index in [-0.39, 0.29) is 12.3 Å². The molecule has 0 unspecified atom stereocenters. The van der Waals surface area contributed by atoms with Crippen LogP contribution in [0.15, 0.2) is 0 Å². The molecule has 0 rings (SSSR count). The number of nitrogens with one attached hydrogen (secondary N) is 1. The molecule has 0 spiro atoms. The van der Waals surface area contributed by atoms with Crippen LogP contribution in [0.1, 0.15) is 19.3 Å². The van der Waals surface area contributed by atoms with Crippen molar-refractivity contribution in [2.75, 3.05) is 20.1 Å². The van der Waals surface area contributed by atoms with E-state index in [1.165, 1.54) is 0 Å². The predicted molar refractivity (Wildman–Crippen MR) is 49.3 cm³/mol. The Morgan fingerprint density at radius 1 is 1.36 bits per heavy atom. The van der Waals surface area contributed by atoms with Gasteiger partial charge in [0.05, 0.1) is 5.84 Å². The van der Waals surface area contributed by atoms with E-state index in [4.69, 9.17) is 11.1 Å². The molecule has 14 heavy (non-hydrogen) atoms. The molecule has 0 saturated heterocycles. The van der Waals surface area contributed by atoms with Crippen molar-refractivity contribution in [1.82, 2.24) is 4.90 Å². The zero-order valence-electron chi connectivity index (χ0n) is 8.19. The number of alkyl halides is 3. The molecule has 0 radical (unpaired) electrons. The first-order valence-corrected chi connectivity index (χ1v) is 4.39. The molecule has 0 saturated carbocycles. The van der Waals surface area contributed by atoms with Gasteiger partial charge in [0.1, 0.15) is 0 Å². The van der Waals surface area contributed by atoms with Crippen molar-refractivity contribution in [2.45, 2.75) is 25.4 Å². The maximum absolute atomic E-state index is 11.7. The van der Waals surface area contributed by atoms with Crippen LogP contribution in [0, 0.1) is 5.41 Å². The Labute approximate surface area is 81.6 Å². The number of halogens is 3. The fraction of sp³-hybridized carbons (Fsp3) is 0.875. The maximum atomic E-state index is 11.7. The second-order valence-corrected chi connectivity index (χ2v) is 3.30. The van der Waals surface area contributed by atoms with Crippen LogP contribution in [-0.2, 0) is 0 Å². The molecule has 0 heterocycles. The molecule has 0 fully saturated rings. The first-order valence-electron chi connectivity index (χ1n) is 4.39. The van der Waals surface area contributed by atoms with Gasteiger partial charge in [-0.25, -0.2) is 0 Å². The van der Waals surface area contributed by atoms with Crippen molar-refractivity contribution in [3.63, 3.8) is 0 Å². The molecule has 0 aromatic rings. The molecule has 0 aliphatic carbocycles. The number of nitrogens with two attached hydrogens (primary N) is 1. The molecule has 0 bridgehead atoms. The lowest BCUT2D eigenvalue weighted by Crippen LogP contribution is -2.26. The molecule has 0 aliphatic heterocycles. The average Bonchev–Trinajstić information content (AvgIpc) is 1.98. The second kappa shape index (κ2) is 5.85. The molecule has 84 valence electrons. The van der Waals surface area contributed by atoms with Crippen LogP contribution >= 0.6 is 0 Å². The number of amidine groups is 1. The Morgan fingerprint density at radius 3 is 2.36 bits per heavy atom. The summed E-state index contributed by atoms with van der Waals surface area (Å²) in [5.41, 5.74) is 5.12. The average molecular weight is 211 g/mol. The van der Waals surface area contributed by atoms with Crippen LogP contribution in [-0.4, -0.2) is 37.0 Å². The molecule has 0 amide bonds. The zero-order chi connectivity index (χ0) is 11.2. The number of nitrogens with zero attached hydrogens (tertiary/aromatic N) is 1. The highest BCUT2D eigenvalue weighted by atomic mass is 19.4. The minimum atomic E-state index is -4.07. The standard InChI is InChI=1S/C8H16F3N3/c1-14(6-3-7(12)13)5-2-4-8(9,10)11/h2-6H2,1H3,(H3,12,13). The third-order valence-electron chi connectivity index (χ3n) is 1.76. The minimum Gasteiger partial charge on any atom is -0.388 e. The Bertz CT molecular complexity index is 179. The van der Waals surface area contributed by atoms with Gasteiger partial charge in [0, 0.05) is 19.4 Å². The summed E-state index contributed by atoms with van der Waals surface area (Å²) in [6.07, 6.45) is -4.32. The third-order valence-corrected chi connectivity index (χ3v) is 1.76. The lowest BCUT2D eigenvalue weighted by Gasteiger charge is -2.16. The number of hydrogen-bond donors (Lipinski definition) is 2. The first kappa shape index (κ1) is 13.2. The molecule has 3 N–H and O–H groups in total. The predicted octanol–water partition coefficient (Wildman–Crippen LogP) is 1.59. The van der Waals surface area contributed by atoms with Gasteiger partial charge in [-0.05, 0) is 20.0 Å². The lowest BCUT2D eigenvalue weighted by molar-refractivity contribution is -0.136. The molecule has 6 heteroatoms. The van der Waals surface area contributed by atoms with Gasteiger partial charge in [0.2, 0.25) is 0 Å². The fourth-order valence-corrected chi connectivity index (χ4v) is 0.973. The van der Waals surface area contributed by atoms with Gasteiger partial charge in [-0.15, -0.1) is 0 Å². The normalized spacial score (nSPS) is 12.1. The van der Waals surface area contributed by atoms with Gasteiger partial charge in [-0.1, -0.05) is 0 Å². The second-order valence-electron chi connectivity index (χ2n) is 3.30. The van der Waals surface area contributed by atoms with E-state index in [9.17, 15) is 13.2 Å². The maximum Gasteiger partial charge on any atom is 0.389 e. The summed E-state index contributed by atoms with van der Waals surface area (Å²) in [4.78, 5) is 1.74. The van der Waals surface area contributed by atoms with Crippen LogP contribution < -0.4 is 5.73 Å². The largest absolute Gasteiger partial charge is 0.389 e. The first-order chi connectivity index (χ1) is 6.31.